The van der Waals surface area contributed by atoms with E-state index in [2.05, 4.69) is 35.5 Å². The number of aryl methyl sites for hydroxylation is 1. The number of ether oxygens (including phenoxy) is 1. The van der Waals surface area contributed by atoms with Crippen LogP contribution in [0.4, 0.5) is 0 Å². The van der Waals surface area contributed by atoms with Crippen molar-refractivity contribution in [3.63, 3.8) is 0 Å². The van der Waals surface area contributed by atoms with E-state index in [1.54, 1.807) is 7.05 Å². The molecule has 0 spiro atoms. The van der Waals surface area contributed by atoms with Crippen LogP contribution in [0.3, 0.4) is 0 Å². The molecule has 5 heteroatoms. The molecule has 0 amide bonds. The molecule has 1 aromatic carbocycles. The van der Waals surface area contributed by atoms with Crippen molar-refractivity contribution in [2.24, 2.45) is 10.9 Å². The molecule has 0 saturated carbocycles. The van der Waals surface area contributed by atoms with Crippen molar-refractivity contribution in [1.29, 1.82) is 0 Å². The summed E-state index contributed by atoms with van der Waals surface area (Å²) in [5, 5.41) is 16.9. The molecule has 5 nitrogen and oxygen atoms in total. The number of hydrogen-bond acceptors (Lipinski definition) is 3. The molecule has 1 aliphatic carbocycles. The van der Waals surface area contributed by atoms with Crippen LogP contribution in [0, 0.1) is 5.92 Å². The van der Waals surface area contributed by atoms with Crippen molar-refractivity contribution in [3.05, 3.63) is 28.8 Å². The zero-order valence-corrected chi connectivity index (χ0v) is 15.9. The van der Waals surface area contributed by atoms with Gasteiger partial charge in [-0.3, -0.25) is 4.99 Å². The second kappa shape index (κ2) is 10.3. The van der Waals surface area contributed by atoms with Crippen molar-refractivity contribution in [2.75, 3.05) is 26.8 Å². The van der Waals surface area contributed by atoms with Crippen molar-refractivity contribution in [3.8, 4) is 5.75 Å². The molecule has 3 N–H and O–H groups in total. The molecule has 1 aromatic rings. The number of rotatable bonds is 8. The molecule has 1 aliphatic rings. The van der Waals surface area contributed by atoms with Gasteiger partial charge in [-0.1, -0.05) is 19.9 Å². The van der Waals surface area contributed by atoms with E-state index in [4.69, 9.17) is 4.74 Å². The van der Waals surface area contributed by atoms with E-state index in [9.17, 15) is 5.11 Å². The van der Waals surface area contributed by atoms with E-state index >= 15 is 0 Å². The van der Waals surface area contributed by atoms with Crippen LogP contribution in [0.2, 0.25) is 0 Å². The highest BCUT2D eigenvalue weighted by Gasteiger charge is 2.16. The number of guanidine groups is 1. The van der Waals surface area contributed by atoms with Crippen molar-refractivity contribution in [2.45, 2.75) is 52.5 Å². The predicted octanol–water partition coefficient (Wildman–Crippen LogP) is 3.00. The highest BCUT2D eigenvalue weighted by Crippen LogP contribution is 2.30. The zero-order valence-electron chi connectivity index (χ0n) is 15.9. The Balaban J connectivity index is 1.79. The first-order valence-corrected chi connectivity index (χ1v) is 9.46. The zero-order chi connectivity index (χ0) is 18.1. The number of nitrogens with one attached hydrogen (secondary N) is 2. The van der Waals surface area contributed by atoms with E-state index in [0.29, 0.717) is 18.2 Å². The topological polar surface area (TPSA) is 65.9 Å². The Bertz CT molecular complexity index is 570. The van der Waals surface area contributed by atoms with Crippen molar-refractivity contribution < 1.29 is 9.84 Å². The minimum Gasteiger partial charge on any atom is -0.508 e. The van der Waals surface area contributed by atoms with Crippen molar-refractivity contribution >= 4 is 5.96 Å². The summed E-state index contributed by atoms with van der Waals surface area (Å²) in [7, 11) is 1.77. The number of fused-ring (bicyclic) bond motifs is 1. The number of phenolic OH excluding ortho intramolecular Hbond substituents is 1. The standard InChI is InChI=1S/C20H33N3O2/c1-15(2)14-25-12-6-11-22-20(21-3)23-13-18-17-8-5-4-7-16(17)9-10-19(18)24/h9-10,15,24H,4-8,11-14H2,1-3H3,(H2,21,22,23). The quantitative estimate of drug-likeness (QED) is 0.384. The molecule has 0 aliphatic heterocycles. The number of aromatic hydroxyl groups is 1. The average molecular weight is 348 g/mol. The number of benzene rings is 1. The van der Waals surface area contributed by atoms with Gasteiger partial charge in [0.05, 0.1) is 0 Å². The summed E-state index contributed by atoms with van der Waals surface area (Å²) in [6.45, 7) is 7.29. The maximum Gasteiger partial charge on any atom is 0.191 e. The van der Waals surface area contributed by atoms with Crippen LogP contribution in [0.5, 0.6) is 5.75 Å². The summed E-state index contributed by atoms with van der Waals surface area (Å²) in [6, 6.07) is 3.89. The maximum atomic E-state index is 10.3. The van der Waals surface area contributed by atoms with Gasteiger partial charge in [0.15, 0.2) is 5.96 Å². The Morgan fingerprint density at radius 3 is 2.80 bits per heavy atom. The largest absolute Gasteiger partial charge is 0.508 e. The van der Waals surface area contributed by atoms with Crippen LogP contribution >= 0.6 is 0 Å². The molecule has 25 heavy (non-hydrogen) atoms. The van der Waals surface area contributed by atoms with Gasteiger partial charge < -0.3 is 20.5 Å². The first kappa shape index (κ1) is 19.6. The van der Waals surface area contributed by atoms with E-state index in [-0.39, 0.29) is 0 Å². The summed E-state index contributed by atoms with van der Waals surface area (Å²) in [5.74, 6) is 1.72. The second-order valence-electron chi connectivity index (χ2n) is 7.08. The normalized spacial score (nSPS) is 14.5. The fraction of sp³-hybridized carbons (Fsp3) is 0.650. The van der Waals surface area contributed by atoms with Gasteiger partial charge in [0, 0.05) is 38.9 Å². The molecule has 0 heterocycles. The Morgan fingerprint density at radius 1 is 1.24 bits per heavy atom. The average Bonchev–Trinajstić information content (AvgIpc) is 2.61. The third kappa shape index (κ3) is 6.24. The van der Waals surface area contributed by atoms with Gasteiger partial charge in [0.1, 0.15) is 5.75 Å². The Labute approximate surface area is 151 Å². The summed E-state index contributed by atoms with van der Waals surface area (Å²) in [4.78, 5) is 4.26. The molecule has 140 valence electrons. The van der Waals surface area contributed by atoms with Gasteiger partial charge in [-0.05, 0) is 55.2 Å². The van der Waals surface area contributed by atoms with Crippen LogP contribution in [-0.4, -0.2) is 37.9 Å². The third-order valence-electron chi connectivity index (χ3n) is 4.49. The first-order chi connectivity index (χ1) is 12.1. The van der Waals surface area contributed by atoms with Crippen LogP contribution in [0.25, 0.3) is 0 Å². The molecule has 0 bridgehead atoms. The summed E-state index contributed by atoms with van der Waals surface area (Å²) >= 11 is 0. The van der Waals surface area contributed by atoms with Gasteiger partial charge in [0.2, 0.25) is 0 Å². The molecule has 0 aromatic heterocycles. The van der Waals surface area contributed by atoms with Gasteiger partial charge in [0.25, 0.3) is 0 Å². The lowest BCUT2D eigenvalue weighted by molar-refractivity contribution is 0.108. The minimum absolute atomic E-state index is 0.380. The minimum atomic E-state index is 0.380. The van der Waals surface area contributed by atoms with Crippen LogP contribution in [0.15, 0.2) is 17.1 Å². The molecular weight excluding hydrogens is 314 g/mol. The number of aliphatic imine (C=N–C) groups is 1. The highest BCUT2D eigenvalue weighted by atomic mass is 16.5. The highest BCUT2D eigenvalue weighted by molar-refractivity contribution is 5.79. The van der Waals surface area contributed by atoms with E-state index < -0.39 is 0 Å². The summed E-state index contributed by atoms with van der Waals surface area (Å²) < 4.78 is 5.58. The van der Waals surface area contributed by atoms with E-state index in [0.717, 1.165) is 50.5 Å². The third-order valence-corrected chi connectivity index (χ3v) is 4.49. The van der Waals surface area contributed by atoms with Gasteiger partial charge in [-0.15, -0.1) is 0 Å². The van der Waals surface area contributed by atoms with E-state index in [1.165, 1.54) is 24.0 Å². The number of phenols is 1. The fourth-order valence-corrected chi connectivity index (χ4v) is 3.18. The van der Waals surface area contributed by atoms with Crippen LogP contribution < -0.4 is 10.6 Å². The fourth-order valence-electron chi connectivity index (χ4n) is 3.18. The summed E-state index contributed by atoms with van der Waals surface area (Å²) in [5.41, 5.74) is 3.71. The maximum absolute atomic E-state index is 10.3. The van der Waals surface area contributed by atoms with Crippen molar-refractivity contribution in [1.82, 2.24) is 10.6 Å². The Kier molecular flexibility index (Phi) is 8.06. The summed E-state index contributed by atoms with van der Waals surface area (Å²) in [6.07, 6.45) is 5.56. The smallest absolute Gasteiger partial charge is 0.191 e. The molecule has 0 fully saturated rings. The van der Waals surface area contributed by atoms with Crippen LogP contribution in [-0.2, 0) is 24.1 Å². The van der Waals surface area contributed by atoms with Gasteiger partial charge in [-0.2, -0.15) is 0 Å². The molecule has 0 atom stereocenters. The number of nitrogens with zero attached hydrogens (tertiary/aromatic N) is 1. The molecule has 0 unspecified atom stereocenters. The van der Waals surface area contributed by atoms with E-state index in [1.807, 2.05) is 6.07 Å². The SMILES string of the molecule is CN=C(NCCCOCC(C)C)NCc1c(O)ccc2c1CCCC2. The molecular formula is C20H33N3O2. The molecule has 0 saturated heterocycles. The predicted molar refractivity (Wildman–Crippen MR) is 103 cm³/mol. The molecule has 2 rings (SSSR count). The van der Waals surface area contributed by atoms with Gasteiger partial charge in [-0.25, -0.2) is 0 Å². The monoisotopic (exact) mass is 347 g/mol. The number of hydrogen-bond donors (Lipinski definition) is 3. The first-order valence-electron chi connectivity index (χ1n) is 9.46. The Hall–Kier alpha value is -1.75. The lowest BCUT2D eigenvalue weighted by atomic mass is 9.88. The molecule has 0 radical (unpaired) electrons. The van der Waals surface area contributed by atoms with Crippen LogP contribution in [0.1, 0.15) is 49.8 Å². The lowest BCUT2D eigenvalue weighted by Gasteiger charge is -2.21. The second-order valence-corrected chi connectivity index (χ2v) is 7.08. The lowest BCUT2D eigenvalue weighted by Crippen LogP contribution is -2.37. The van der Waals surface area contributed by atoms with Gasteiger partial charge >= 0.3 is 0 Å². The Morgan fingerprint density at radius 2 is 2.04 bits per heavy atom.